The maximum atomic E-state index is 11.3. The van der Waals surface area contributed by atoms with E-state index in [1.54, 1.807) is 19.9 Å². The normalized spacial score (nSPS) is 10.1. The van der Waals surface area contributed by atoms with Crippen LogP contribution in [0.4, 0.5) is 0 Å². The van der Waals surface area contributed by atoms with Gasteiger partial charge in [-0.3, -0.25) is 9.63 Å². The van der Waals surface area contributed by atoms with Crippen molar-refractivity contribution in [3.8, 4) is 0 Å². The van der Waals surface area contributed by atoms with Gasteiger partial charge in [-0.25, -0.2) is 5.48 Å². The summed E-state index contributed by atoms with van der Waals surface area (Å²) in [4.78, 5) is 16.0. The second-order valence-corrected chi connectivity index (χ2v) is 3.21. The molecule has 0 fully saturated rings. The van der Waals surface area contributed by atoms with Crippen LogP contribution in [-0.4, -0.2) is 12.5 Å². The summed E-state index contributed by atoms with van der Waals surface area (Å²) in [6.45, 7) is 3.99. The molecule has 1 N–H and O–H groups in total. The number of hydrogen-bond donors (Lipinski definition) is 1. The summed E-state index contributed by atoms with van der Waals surface area (Å²) >= 11 is 3.13. The number of hydroxylamine groups is 1. The predicted molar refractivity (Wildman–Crippen MR) is 50.2 cm³/mol. The Bertz CT molecular complexity index is 308. The smallest absolute Gasteiger partial charge is 0.310 e. The highest BCUT2D eigenvalue weighted by molar-refractivity contribution is 9.10. The molecule has 0 aliphatic rings. The first kappa shape index (κ1) is 10.3. The number of rotatable bonds is 3. The zero-order valence-corrected chi connectivity index (χ0v) is 8.97. The molecule has 4 nitrogen and oxygen atoms in total. The molecule has 0 atom stereocenters. The highest BCUT2D eigenvalue weighted by Crippen LogP contribution is 2.19. The summed E-state index contributed by atoms with van der Waals surface area (Å²) in [6, 6.07) is 1.72. The number of nitrogens with one attached hydrogen (secondary N) is 1. The third-order valence-corrected chi connectivity index (χ3v) is 1.79. The van der Waals surface area contributed by atoms with Crippen LogP contribution in [-0.2, 0) is 4.84 Å². The highest BCUT2D eigenvalue weighted by atomic mass is 79.9. The lowest BCUT2D eigenvalue weighted by Crippen LogP contribution is -2.23. The van der Waals surface area contributed by atoms with E-state index in [0.717, 1.165) is 5.56 Å². The number of hydrogen-bond acceptors (Lipinski definition) is 3. The number of carbonyl (C=O) groups is 1. The number of furan rings is 1. The van der Waals surface area contributed by atoms with Crippen LogP contribution in [0.25, 0.3) is 0 Å². The Hall–Kier alpha value is -0.810. The third-order valence-electron chi connectivity index (χ3n) is 1.40. The van der Waals surface area contributed by atoms with Crippen LogP contribution < -0.4 is 5.48 Å². The SMILES string of the molecule is CCONC(=O)c1oc(Br)cc1C. The summed E-state index contributed by atoms with van der Waals surface area (Å²) in [5.74, 6) is -0.106. The van der Waals surface area contributed by atoms with Crippen LogP contribution in [0, 0.1) is 6.92 Å². The van der Waals surface area contributed by atoms with Gasteiger partial charge in [0.2, 0.25) is 0 Å². The summed E-state index contributed by atoms with van der Waals surface area (Å²) in [5.41, 5.74) is 3.02. The van der Waals surface area contributed by atoms with Crippen molar-refractivity contribution in [1.29, 1.82) is 0 Å². The molecule has 5 heteroatoms. The molecule has 0 aliphatic heterocycles. The molecule has 0 saturated carbocycles. The molecule has 1 heterocycles. The van der Waals surface area contributed by atoms with Crippen LogP contribution >= 0.6 is 15.9 Å². The fraction of sp³-hybridized carbons (Fsp3) is 0.375. The van der Waals surface area contributed by atoms with Crippen molar-refractivity contribution in [3.63, 3.8) is 0 Å². The Kier molecular flexibility index (Phi) is 3.50. The predicted octanol–water partition coefficient (Wildman–Crippen LogP) is 2.03. The quantitative estimate of drug-likeness (QED) is 0.832. The number of aryl methyl sites for hydroxylation is 1. The number of carbonyl (C=O) groups excluding carboxylic acids is 1. The van der Waals surface area contributed by atoms with E-state index in [0.29, 0.717) is 11.3 Å². The minimum atomic E-state index is -0.370. The van der Waals surface area contributed by atoms with Gasteiger partial charge in [-0.1, -0.05) is 0 Å². The summed E-state index contributed by atoms with van der Waals surface area (Å²) < 4.78 is 5.63. The van der Waals surface area contributed by atoms with Crippen molar-refractivity contribution < 1.29 is 14.0 Å². The average Bonchev–Trinajstić information content (AvgIpc) is 2.41. The van der Waals surface area contributed by atoms with Crippen LogP contribution in [0.3, 0.4) is 0 Å². The average molecular weight is 248 g/mol. The molecule has 1 amide bonds. The zero-order chi connectivity index (χ0) is 9.84. The lowest BCUT2D eigenvalue weighted by molar-refractivity contribution is 0.0339. The molecular formula is C8H10BrNO3. The van der Waals surface area contributed by atoms with Gasteiger partial charge in [-0.2, -0.15) is 0 Å². The Morgan fingerprint density at radius 3 is 2.92 bits per heavy atom. The van der Waals surface area contributed by atoms with Gasteiger partial charge >= 0.3 is 5.91 Å². The van der Waals surface area contributed by atoms with Crippen molar-refractivity contribution in [2.24, 2.45) is 0 Å². The van der Waals surface area contributed by atoms with E-state index in [1.165, 1.54) is 0 Å². The molecule has 72 valence electrons. The molecule has 0 aliphatic carbocycles. The fourth-order valence-corrected chi connectivity index (χ4v) is 1.36. The highest BCUT2D eigenvalue weighted by Gasteiger charge is 2.14. The molecule has 13 heavy (non-hydrogen) atoms. The van der Waals surface area contributed by atoms with E-state index in [9.17, 15) is 4.79 Å². The van der Waals surface area contributed by atoms with Crippen molar-refractivity contribution in [2.75, 3.05) is 6.61 Å². The Morgan fingerprint density at radius 1 is 1.77 bits per heavy atom. The Balaban J connectivity index is 2.70. The molecule has 0 spiro atoms. The van der Waals surface area contributed by atoms with E-state index >= 15 is 0 Å². The lowest BCUT2D eigenvalue weighted by Gasteiger charge is -2.00. The molecule has 0 unspecified atom stereocenters. The molecule has 0 radical (unpaired) electrons. The van der Waals surface area contributed by atoms with Gasteiger partial charge in [0.25, 0.3) is 0 Å². The maximum Gasteiger partial charge on any atom is 0.310 e. The molecular weight excluding hydrogens is 238 g/mol. The molecule has 1 rings (SSSR count). The number of amides is 1. The van der Waals surface area contributed by atoms with E-state index in [2.05, 4.69) is 21.4 Å². The number of halogens is 1. The molecule has 1 aromatic rings. The van der Waals surface area contributed by atoms with Gasteiger partial charge in [0.1, 0.15) is 0 Å². The fourth-order valence-electron chi connectivity index (χ4n) is 0.853. The first-order valence-corrected chi connectivity index (χ1v) is 4.62. The molecule has 1 aromatic heterocycles. The Labute approximate surface area is 84.3 Å². The lowest BCUT2D eigenvalue weighted by atomic mass is 10.3. The van der Waals surface area contributed by atoms with Gasteiger partial charge in [0, 0.05) is 5.56 Å². The third kappa shape index (κ3) is 2.57. The van der Waals surface area contributed by atoms with Crippen molar-refractivity contribution in [2.45, 2.75) is 13.8 Å². The first-order valence-electron chi connectivity index (χ1n) is 3.83. The standard InChI is InChI=1S/C8H10BrNO3/c1-3-12-10-8(11)7-5(2)4-6(9)13-7/h4H,3H2,1-2H3,(H,10,11). The van der Waals surface area contributed by atoms with Crippen molar-refractivity contribution >= 4 is 21.8 Å². The molecule has 0 aromatic carbocycles. The van der Waals surface area contributed by atoms with E-state index in [4.69, 9.17) is 9.25 Å². The van der Waals surface area contributed by atoms with Crippen LogP contribution in [0.1, 0.15) is 23.0 Å². The molecule has 0 bridgehead atoms. The summed E-state index contributed by atoms with van der Waals surface area (Å²) in [7, 11) is 0. The van der Waals surface area contributed by atoms with Crippen molar-refractivity contribution in [3.05, 3.63) is 22.1 Å². The largest absolute Gasteiger partial charge is 0.444 e. The zero-order valence-electron chi connectivity index (χ0n) is 7.39. The Morgan fingerprint density at radius 2 is 2.46 bits per heavy atom. The van der Waals surface area contributed by atoms with Gasteiger partial charge in [0.15, 0.2) is 10.4 Å². The van der Waals surface area contributed by atoms with Gasteiger partial charge in [0.05, 0.1) is 6.61 Å². The van der Waals surface area contributed by atoms with Crippen LogP contribution in [0.15, 0.2) is 15.2 Å². The van der Waals surface area contributed by atoms with E-state index in [1.807, 2.05) is 0 Å². The second-order valence-electron chi connectivity index (χ2n) is 2.43. The van der Waals surface area contributed by atoms with Crippen molar-refractivity contribution in [1.82, 2.24) is 5.48 Å². The van der Waals surface area contributed by atoms with Gasteiger partial charge < -0.3 is 4.42 Å². The molecule has 0 saturated heterocycles. The minimum absolute atomic E-state index is 0.264. The minimum Gasteiger partial charge on any atom is -0.444 e. The van der Waals surface area contributed by atoms with Crippen LogP contribution in [0.5, 0.6) is 0 Å². The van der Waals surface area contributed by atoms with Gasteiger partial charge in [-0.05, 0) is 35.8 Å². The second kappa shape index (κ2) is 4.43. The summed E-state index contributed by atoms with van der Waals surface area (Å²) in [5, 5.41) is 0. The summed E-state index contributed by atoms with van der Waals surface area (Å²) in [6.07, 6.45) is 0. The van der Waals surface area contributed by atoms with E-state index < -0.39 is 0 Å². The van der Waals surface area contributed by atoms with E-state index in [-0.39, 0.29) is 11.7 Å². The monoisotopic (exact) mass is 247 g/mol. The van der Waals surface area contributed by atoms with Crippen LogP contribution in [0.2, 0.25) is 0 Å². The maximum absolute atomic E-state index is 11.3. The van der Waals surface area contributed by atoms with Gasteiger partial charge in [-0.15, -0.1) is 0 Å². The topological polar surface area (TPSA) is 51.5 Å². The first-order chi connectivity index (χ1) is 6.15.